The van der Waals surface area contributed by atoms with Crippen LogP contribution in [-0.2, 0) is 6.42 Å². The second kappa shape index (κ2) is 8.02. The molecule has 0 aliphatic rings. The number of nitrogens with zero attached hydrogens (tertiary/aromatic N) is 2. The zero-order valence-corrected chi connectivity index (χ0v) is 17.8. The van der Waals surface area contributed by atoms with Crippen LogP contribution in [0.1, 0.15) is 37.0 Å². The van der Waals surface area contributed by atoms with Crippen LogP contribution in [0.3, 0.4) is 0 Å². The van der Waals surface area contributed by atoms with Crippen molar-refractivity contribution in [3.8, 4) is 10.4 Å². The van der Waals surface area contributed by atoms with E-state index in [1.54, 1.807) is 11.3 Å². The molecule has 0 aliphatic carbocycles. The maximum atomic E-state index is 12.8. The van der Waals surface area contributed by atoms with Gasteiger partial charge in [0, 0.05) is 27.6 Å². The van der Waals surface area contributed by atoms with Gasteiger partial charge >= 0.3 is 0 Å². The molecular weight excluding hydrogens is 412 g/mol. The van der Waals surface area contributed by atoms with Crippen molar-refractivity contribution < 1.29 is 0 Å². The minimum atomic E-state index is -0.163. The minimum Gasteiger partial charge on any atom is -0.309 e. The van der Waals surface area contributed by atoms with Gasteiger partial charge in [-0.05, 0) is 24.8 Å². The Balaban J connectivity index is 1.66. The fourth-order valence-corrected chi connectivity index (χ4v) is 5.57. The molecule has 0 aliphatic heterocycles. The molecule has 4 aromatic rings. The van der Waals surface area contributed by atoms with Crippen LogP contribution < -0.4 is 11.1 Å². The first kappa shape index (κ1) is 19.1. The molecule has 4 heterocycles. The van der Waals surface area contributed by atoms with Gasteiger partial charge in [-0.3, -0.25) is 9.59 Å². The summed E-state index contributed by atoms with van der Waals surface area (Å²) in [6.07, 6.45) is 1.68. The Bertz CT molecular complexity index is 1220. The smallest absolute Gasteiger partial charge is 0.260 e. The van der Waals surface area contributed by atoms with E-state index in [1.807, 2.05) is 36.7 Å². The average molecular weight is 431 g/mol. The number of nitrogens with one attached hydrogen (secondary N) is 2. The highest BCUT2D eigenvalue weighted by Gasteiger charge is 2.18. The van der Waals surface area contributed by atoms with Gasteiger partial charge in [0.15, 0.2) is 5.16 Å². The number of rotatable bonds is 6. The van der Waals surface area contributed by atoms with Gasteiger partial charge in [0.25, 0.3) is 11.1 Å². The van der Waals surface area contributed by atoms with Crippen LogP contribution in [0.15, 0.2) is 43.7 Å². The van der Waals surface area contributed by atoms with Gasteiger partial charge in [-0.15, -0.1) is 22.7 Å². The lowest BCUT2D eigenvalue weighted by atomic mass is 10.2. The number of aryl methyl sites for hydroxylation is 1. The molecule has 0 radical (unpaired) electrons. The first-order valence-corrected chi connectivity index (χ1v) is 11.5. The Labute approximate surface area is 173 Å². The minimum absolute atomic E-state index is 0.140. The van der Waals surface area contributed by atoms with E-state index in [9.17, 15) is 9.59 Å². The van der Waals surface area contributed by atoms with Crippen LogP contribution in [0.25, 0.3) is 20.7 Å². The van der Waals surface area contributed by atoms with Gasteiger partial charge < -0.3 is 9.97 Å². The quantitative estimate of drug-likeness (QED) is 0.344. The maximum absolute atomic E-state index is 12.8. The van der Waals surface area contributed by atoms with Gasteiger partial charge in [-0.1, -0.05) is 31.2 Å². The summed E-state index contributed by atoms with van der Waals surface area (Å²) < 4.78 is 0. The van der Waals surface area contributed by atoms with E-state index in [0.29, 0.717) is 16.4 Å². The number of aromatic amines is 2. The van der Waals surface area contributed by atoms with E-state index in [1.165, 1.54) is 29.2 Å². The number of fused-ring (bicyclic) bond motifs is 1. The predicted octanol–water partition coefficient (Wildman–Crippen LogP) is 4.60. The van der Waals surface area contributed by atoms with Gasteiger partial charge in [0.2, 0.25) is 0 Å². The lowest BCUT2D eigenvalue weighted by Crippen LogP contribution is -2.14. The summed E-state index contributed by atoms with van der Waals surface area (Å²) in [5.41, 5.74) is 1.40. The standard InChI is InChI=1S/C19H18N4O2S3/c1-3-5-11-8-14(24)21-19(20-11)28-10(2)16-22-17(25)15-12(9-27-18(15)23-16)13-6-4-7-26-13/h4,6-10H,3,5H2,1-2H3,(H,20,21,24)(H,22,23,25)/t10-/m0/s1. The van der Waals surface area contributed by atoms with Gasteiger partial charge in [-0.2, -0.15) is 0 Å². The third-order valence-electron chi connectivity index (χ3n) is 4.20. The number of H-pyrrole nitrogens is 2. The summed E-state index contributed by atoms with van der Waals surface area (Å²) in [5, 5.41) is 4.98. The molecule has 28 heavy (non-hydrogen) atoms. The Morgan fingerprint density at radius 2 is 2.07 bits per heavy atom. The third-order valence-corrected chi connectivity index (χ3v) is 6.97. The lowest BCUT2D eigenvalue weighted by molar-refractivity contribution is 0.810. The summed E-state index contributed by atoms with van der Waals surface area (Å²) in [6.45, 7) is 3.99. The summed E-state index contributed by atoms with van der Waals surface area (Å²) in [6, 6.07) is 5.50. The fourth-order valence-electron chi connectivity index (χ4n) is 2.92. The number of thioether (sulfide) groups is 1. The van der Waals surface area contributed by atoms with Crippen molar-refractivity contribution in [2.75, 3.05) is 0 Å². The Hall–Kier alpha value is -2.23. The molecule has 4 aromatic heterocycles. The Morgan fingerprint density at radius 1 is 1.21 bits per heavy atom. The summed E-state index contributed by atoms with van der Waals surface area (Å²) >= 11 is 4.45. The molecule has 6 nitrogen and oxygen atoms in total. The lowest BCUT2D eigenvalue weighted by Gasteiger charge is -2.10. The highest BCUT2D eigenvalue weighted by molar-refractivity contribution is 7.99. The third kappa shape index (κ3) is 3.82. The molecule has 0 saturated heterocycles. The highest BCUT2D eigenvalue weighted by atomic mass is 32.2. The van der Waals surface area contributed by atoms with E-state index >= 15 is 0 Å². The van der Waals surface area contributed by atoms with Crippen molar-refractivity contribution in [2.45, 2.75) is 37.1 Å². The normalized spacial score (nSPS) is 12.5. The maximum Gasteiger partial charge on any atom is 0.260 e. The number of aromatic nitrogens is 4. The monoisotopic (exact) mass is 430 g/mol. The van der Waals surface area contributed by atoms with Gasteiger partial charge in [0.1, 0.15) is 10.7 Å². The van der Waals surface area contributed by atoms with E-state index in [0.717, 1.165) is 33.8 Å². The van der Waals surface area contributed by atoms with E-state index in [4.69, 9.17) is 0 Å². The van der Waals surface area contributed by atoms with Crippen LogP contribution in [0.5, 0.6) is 0 Å². The number of hydrogen-bond donors (Lipinski definition) is 2. The molecule has 0 unspecified atom stereocenters. The van der Waals surface area contributed by atoms with Crippen molar-refractivity contribution in [1.82, 2.24) is 19.9 Å². The van der Waals surface area contributed by atoms with Crippen LogP contribution >= 0.6 is 34.4 Å². The van der Waals surface area contributed by atoms with Crippen LogP contribution in [0.4, 0.5) is 0 Å². The van der Waals surface area contributed by atoms with E-state index < -0.39 is 0 Å². The Morgan fingerprint density at radius 3 is 2.82 bits per heavy atom. The molecular formula is C19H18N4O2S3. The zero-order chi connectivity index (χ0) is 19.7. The van der Waals surface area contributed by atoms with Crippen LogP contribution in [0, 0.1) is 0 Å². The van der Waals surface area contributed by atoms with Crippen molar-refractivity contribution >= 4 is 44.7 Å². The molecule has 144 valence electrons. The average Bonchev–Trinajstić information content (AvgIpc) is 3.30. The van der Waals surface area contributed by atoms with Crippen molar-refractivity contribution in [1.29, 1.82) is 0 Å². The molecule has 1 atom stereocenters. The van der Waals surface area contributed by atoms with Crippen molar-refractivity contribution in [2.24, 2.45) is 0 Å². The highest BCUT2D eigenvalue weighted by Crippen LogP contribution is 2.35. The summed E-state index contributed by atoms with van der Waals surface area (Å²) in [7, 11) is 0. The van der Waals surface area contributed by atoms with Crippen LogP contribution in [0.2, 0.25) is 0 Å². The second-order valence-electron chi connectivity index (χ2n) is 6.31. The molecule has 0 bridgehead atoms. The van der Waals surface area contributed by atoms with Gasteiger partial charge in [0.05, 0.1) is 10.6 Å². The first-order chi connectivity index (χ1) is 13.5. The molecule has 0 saturated carbocycles. The number of thiophene rings is 2. The Kier molecular flexibility index (Phi) is 5.47. The zero-order valence-electron chi connectivity index (χ0n) is 15.3. The predicted molar refractivity (Wildman–Crippen MR) is 117 cm³/mol. The topological polar surface area (TPSA) is 91.5 Å². The molecule has 0 fully saturated rings. The SMILES string of the molecule is CCCc1cc(=O)[nH]c(S[C@@H](C)c2nc3scc(-c4cccs4)c3c(=O)[nH]2)n1. The molecule has 0 spiro atoms. The fraction of sp³-hybridized carbons (Fsp3) is 0.263. The molecule has 0 aromatic carbocycles. The van der Waals surface area contributed by atoms with Crippen molar-refractivity contribution in [3.05, 3.63) is 61.2 Å². The number of hydrogen-bond acceptors (Lipinski definition) is 7. The summed E-state index contributed by atoms with van der Waals surface area (Å²) in [5.74, 6) is 0.575. The van der Waals surface area contributed by atoms with E-state index in [2.05, 4.69) is 19.9 Å². The second-order valence-corrected chi connectivity index (χ2v) is 9.45. The van der Waals surface area contributed by atoms with Crippen molar-refractivity contribution in [3.63, 3.8) is 0 Å². The summed E-state index contributed by atoms with van der Waals surface area (Å²) in [4.78, 5) is 41.3. The van der Waals surface area contributed by atoms with Crippen LogP contribution in [-0.4, -0.2) is 19.9 Å². The molecule has 2 N–H and O–H groups in total. The molecule has 9 heteroatoms. The van der Waals surface area contributed by atoms with E-state index in [-0.39, 0.29) is 16.4 Å². The largest absolute Gasteiger partial charge is 0.309 e. The molecule has 0 amide bonds. The molecule has 4 rings (SSSR count). The first-order valence-electron chi connectivity index (χ1n) is 8.87. The van der Waals surface area contributed by atoms with Gasteiger partial charge in [-0.25, -0.2) is 9.97 Å².